The SMILES string of the molecule is COC(=O)c1nccc(N2CCN(C)C(C(C)(C)C)C2)n1. The van der Waals surface area contributed by atoms with Crippen LogP contribution < -0.4 is 4.90 Å². The Bertz CT molecular complexity index is 513. The maximum absolute atomic E-state index is 11.6. The fourth-order valence-corrected chi connectivity index (χ4v) is 2.73. The van der Waals surface area contributed by atoms with E-state index in [-0.39, 0.29) is 11.2 Å². The van der Waals surface area contributed by atoms with Gasteiger partial charge in [0, 0.05) is 31.9 Å². The van der Waals surface area contributed by atoms with Gasteiger partial charge in [-0.2, -0.15) is 0 Å². The van der Waals surface area contributed by atoms with Crippen molar-refractivity contribution in [1.82, 2.24) is 14.9 Å². The predicted octanol–water partition coefficient (Wildman–Crippen LogP) is 1.43. The molecule has 2 heterocycles. The second-order valence-corrected chi connectivity index (χ2v) is 6.54. The van der Waals surface area contributed by atoms with Gasteiger partial charge in [0.2, 0.25) is 5.82 Å². The van der Waals surface area contributed by atoms with Gasteiger partial charge in [0.15, 0.2) is 0 Å². The molecule has 0 aliphatic carbocycles. The lowest BCUT2D eigenvalue weighted by Crippen LogP contribution is -2.56. The minimum Gasteiger partial charge on any atom is -0.463 e. The molecule has 2 rings (SSSR count). The van der Waals surface area contributed by atoms with E-state index in [4.69, 9.17) is 0 Å². The van der Waals surface area contributed by atoms with Crippen LogP contribution in [-0.4, -0.2) is 60.7 Å². The Labute approximate surface area is 126 Å². The van der Waals surface area contributed by atoms with E-state index in [2.05, 4.69) is 52.3 Å². The third-order valence-electron chi connectivity index (χ3n) is 3.98. The number of aromatic nitrogens is 2. The molecule has 0 saturated carbocycles. The van der Waals surface area contributed by atoms with Crippen molar-refractivity contribution >= 4 is 11.8 Å². The minimum atomic E-state index is -0.502. The number of carbonyl (C=O) groups excluding carboxylic acids is 1. The van der Waals surface area contributed by atoms with Gasteiger partial charge >= 0.3 is 5.97 Å². The van der Waals surface area contributed by atoms with Gasteiger partial charge in [0.05, 0.1) is 7.11 Å². The summed E-state index contributed by atoms with van der Waals surface area (Å²) >= 11 is 0. The molecule has 1 unspecified atom stereocenters. The van der Waals surface area contributed by atoms with E-state index in [1.54, 1.807) is 6.20 Å². The average Bonchev–Trinajstić information content (AvgIpc) is 2.46. The maximum atomic E-state index is 11.6. The van der Waals surface area contributed by atoms with Crippen molar-refractivity contribution in [2.45, 2.75) is 26.8 Å². The summed E-state index contributed by atoms with van der Waals surface area (Å²) in [6, 6.07) is 2.28. The fourth-order valence-electron chi connectivity index (χ4n) is 2.73. The molecule has 6 heteroatoms. The second-order valence-electron chi connectivity index (χ2n) is 6.54. The van der Waals surface area contributed by atoms with E-state index in [0.717, 1.165) is 25.5 Å². The molecule has 6 nitrogen and oxygen atoms in total. The Kier molecular flexibility index (Phi) is 4.46. The van der Waals surface area contributed by atoms with E-state index in [9.17, 15) is 4.79 Å². The summed E-state index contributed by atoms with van der Waals surface area (Å²) < 4.78 is 4.68. The zero-order valence-electron chi connectivity index (χ0n) is 13.5. The quantitative estimate of drug-likeness (QED) is 0.769. The van der Waals surface area contributed by atoms with Gasteiger partial charge in [-0.25, -0.2) is 14.8 Å². The average molecular weight is 292 g/mol. The highest BCUT2D eigenvalue weighted by Crippen LogP contribution is 2.28. The number of hydrogen-bond donors (Lipinski definition) is 0. The number of anilines is 1. The predicted molar refractivity (Wildman–Crippen MR) is 81.5 cm³/mol. The monoisotopic (exact) mass is 292 g/mol. The Morgan fingerprint density at radius 2 is 2.10 bits per heavy atom. The van der Waals surface area contributed by atoms with Gasteiger partial charge < -0.3 is 9.64 Å². The Hall–Kier alpha value is -1.69. The van der Waals surface area contributed by atoms with Gasteiger partial charge in [-0.05, 0) is 18.5 Å². The van der Waals surface area contributed by atoms with Crippen LogP contribution in [0.3, 0.4) is 0 Å². The smallest absolute Gasteiger partial charge is 0.376 e. The first-order valence-corrected chi connectivity index (χ1v) is 7.19. The van der Waals surface area contributed by atoms with Gasteiger partial charge in [-0.15, -0.1) is 0 Å². The highest BCUT2D eigenvalue weighted by molar-refractivity contribution is 5.85. The number of carbonyl (C=O) groups is 1. The van der Waals surface area contributed by atoms with Crippen LogP contribution in [0.5, 0.6) is 0 Å². The highest BCUT2D eigenvalue weighted by Gasteiger charge is 2.33. The molecule has 1 aliphatic rings. The molecule has 21 heavy (non-hydrogen) atoms. The van der Waals surface area contributed by atoms with E-state index >= 15 is 0 Å². The van der Waals surface area contributed by atoms with Crippen molar-refractivity contribution < 1.29 is 9.53 Å². The van der Waals surface area contributed by atoms with E-state index in [1.165, 1.54) is 7.11 Å². The Morgan fingerprint density at radius 3 is 2.71 bits per heavy atom. The number of nitrogens with zero attached hydrogens (tertiary/aromatic N) is 4. The number of hydrogen-bond acceptors (Lipinski definition) is 6. The molecular formula is C15H24N4O2. The zero-order valence-corrected chi connectivity index (χ0v) is 13.5. The van der Waals surface area contributed by atoms with Crippen molar-refractivity contribution in [1.29, 1.82) is 0 Å². The summed E-state index contributed by atoms with van der Waals surface area (Å²) in [5.41, 5.74) is 0.186. The maximum Gasteiger partial charge on any atom is 0.376 e. The number of piperazine rings is 1. The van der Waals surface area contributed by atoms with Crippen LogP contribution in [0.2, 0.25) is 0 Å². The molecule has 1 aromatic rings. The molecule has 1 aromatic heterocycles. The van der Waals surface area contributed by atoms with Gasteiger partial charge in [0.25, 0.3) is 0 Å². The lowest BCUT2D eigenvalue weighted by molar-refractivity contribution is 0.0586. The Morgan fingerprint density at radius 1 is 1.38 bits per heavy atom. The third-order valence-corrected chi connectivity index (χ3v) is 3.98. The molecule has 1 saturated heterocycles. The summed E-state index contributed by atoms with van der Waals surface area (Å²) in [7, 11) is 3.50. The lowest BCUT2D eigenvalue weighted by Gasteiger charge is -2.46. The molecular weight excluding hydrogens is 268 g/mol. The zero-order chi connectivity index (χ0) is 15.6. The first-order valence-electron chi connectivity index (χ1n) is 7.19. The molecule has 0 aromatic carbocycles. The molecule has 1 atom stereocenters. The van der Waals surface area contributed by atoms with E-state index in [0.29, 0.717) is 6.04 Å². The molecule has 0 spiro atoms. The number of rotatable bonds is 2. The van der Waals surface area contributed by atoms with Crippen molar-refractivity contribution in [2.75, 3.05) is 38.7 Å². The van der Waals surface area contributed by atoms with Gasteiger partial charge in [0.1, 0.15) is 5.82 Å². The topological polar surface area (TPSA) is 58.6 Å². The molecule has 1 aliphatic heterocycles. The highest BCUT2D eigenvalue weighted by atomic mass is 16.5. The summed E-state index contributed by atoms with van der Waals surface area (Å²) in [4.78, 5) is 24.4. The number of likely N-dealkylation sites (N-methyl/N-ethyl adjacent to an activating group) is 1. The molecule has 116 valence electrons. The van der Waals surface area contributed by atoms with Crippen LogP contribution in [0, 0.1) is 5.41 Å². The molecule has 1 fully saturated rings. The summed E-state index contributed by atoms with van der Waals surface area (Å²) in [6.45, 7) is 9.49. The van der Waals surface area contributed by atoms with Crippen LogP contribution in [0.1, 0.15) is 31.4 Å². The second kappa shape index (κ2) is 5.97. The number of methoxy groups -OCH3 is 1. The standard InChI is InChI=1S/C15H24N4O2/c1-15(2,3)11-10-19(9-8-18(11)4)12-6-7-16-13(17-12)14(20)21-5/h6-7,11H,8-10H2,1-5H3. The largest absolute Gasteiger partial charge is 0.463 e. The van der Waals surface area contributed by atoms with Crippen molar-refractivity contribution in [3.05, 3.63) is 18.1 Å². The first-order chi connectivity index (χ1) is 9.82. The fraction of sp³-hybridized carbons (Fsp3) is 0.667. The third kappa shape index (κ3) is 3.50. The minimum absolute atomic E-state index is 0.112. The Balaban J connectivity index is 2.20. The lowest BCUT2D eigenvalue weighted by atomic mass is 9.84. The molecule has 0 bridgehead atoms. The van der Waals surface area contributed by atoms with Crippen LogP contribution >= 0.6 is 0 Å². The van der Waals surface area contributed by atoms with Crippen LogP contribution in [-0.2, 0) is 4.74 Å². The molecule has 0 N–H and O–H groups in total. The first kappa shape index (κ1) is 15.7. The van der Waals surface area contributed by atoms with E-state index < -0.39 is 5.97 Å². The number of ether oxygens (including phenoxy) is 1. The van der Waals surface area contributed by atoms with E-state index in [1.807, 2.05) is 6.07 Å². The normalized spacial score (nSPS) is 20.4. The molecule has 0 radical (unpaired) electrons. The summed E-state index contributed by atoms with van der Waals surface area (Å²) in [5, 5.41) is 0. The van der Waals surface area contributed by atoms with Crippen molar-refractivity contribution in [3.63, 3.8) is 0 Å². The van der Waals surface area contributed by atoms with Gasteiger partial charge in [-0.3, -0.25) is 4.90 Å². The van der Waals surface area contributed by atoms with Crippen LogP contribution in [0.25, 0.3) is 0 Å². The molecule has 0 amide bonds. The number of esters is 1. The summed E-state index contributed by atoms with van der Waals surface area (Å²) in [5.74, 6) is 0.396. The summed E-state index contributed by atoms with van der Waals surface area (Å²) in [6.07, 6.45) is 1.61. The van der Waals surface area contributed by atoms with Crippen molar-refractivity contribution in [2.24, 2.45) is 5.41 Å². The van der Waals surface area contributed by atoms with Crippen LogP contribution in [0.15, 0.2) is 12.3 Å². The van der Waals surface area contributed by atoms with Gasteiger partial charge in [-0.1, -0.05) is 20.8 Å². The van der Waals surface area contributed by atoms with Crippen molar-refractivity contribution in [3.8, 4) is 0 Å². The van der Waals surface area contributed by atoms with Crippen LogP contribution in [0.4, 0.5) is 5.82 Å².